The van der Waals surface area contributed by atoms with Crippen LogP contribution in [0.25, 0.3) is 0 Å². The van der Waals surface area contributed by atoms with Gasteiger partial charge < -0.3 is 15.6 Å². The lowest BCUT2D eigenvalue weighted by Crippen LogP contribution is -2.16. The third kappa shape index (κ3) is 3.81. The number of hydrogen-bond donors (Lipinski definition) is 2. The summed E-state index contributed by atoms with van der Waals surface area (Å²) in [5, 5.41) is 9.58. The fourth-order valence-electron chi connectivity index (χ4n) is 1.55. The fourth-order valence-corrected chi connectivity index (χ4v) is 1.55. The Morgan fingerprint density at radius 2 is 2.06 bits per heavy atom. The van der Waals surface area contributed by atoms with Crippen LogP contribution in [0.15, 0.2) is 18.2 Å². The highest BCUT2D eigenvalue weighted by Gasteiger charge is 2.29. The molecule has 1 aromatic rings. The molecule has 0 aromatic heterocycles. The van der Waals surface area contributed by atoms with Crippen molar-refractivity contribution < 1.29 is 23.0 Å². The lowest BCUT2D eigenvalue weighted by atomic mass is 10.0. The van der Waals surface area contributed by atoms with Gasteiger partial charge in [-0.1, -0.05) is 6.07 Å². The van der Waals surface area contributed by atoms with Crippen molar-refractivity contribution in [2.45, 2.75) is 25.1 Å². The van der Waals surface area contributed by atoms with Gasteiger partial charge in [0, 0.05) is 12.5 Å². The molecule has 0 aliphatic rings. The third-order valence-electron chi connectivity index (χ3n) is 2.37. The zero-order valence-electron chi connectivity index (χ0n) is 9.29. The average Bonchev–Trinajstić information content (AvgIpc) is 2.24. The molecule has 17 heavy (non-hydrogen) atoms. The van der Waals surface area contributed by atoms with E-state index in [0.717, 1.165) is 0 Å². The molecule has 1 rings (SSSR count). The molecule has 0 aliphatic carbocycles. The van der Waals surface area contributed by atoms with E-state index >= 15 is 0 Å². The van der Waals surface area contributed by atoms with Crippen LogP contribution in [0.3, 0.4) is 0 Å². The molecule has 0 bridgehead atoms. The minimum atomic E-state index is -4.25. The molecule has 1 atom stereocenters. The molecule has 0 aliphatic heterocycles. The summed E-state index contributed by atoms with van der Waals surface area (Å²) in [5.41, 5.74) is 5.85. The van der Waals surface area contributed by atoms with Crippen LogP contribution in [0.4, 0.5) is 13.2 Å². The van der Waals surface area contributed by atoms with E-state index in [1.807, 2.05) is 0 Å². The lowest BCUT2D eigenvalue weighted by Gasteiger charge is -2.17. The van der Waals surface area contributed by atoms with Crippen LogP contribution in [0.1, 0.15) is 24.4 Å². The zero-order valence-corrected chi connectivity index (χ0v) is 9.29. The van der Waals surface area contributed by atoms with Crippen LogP contribution in [-0.4, -0.2) is 18.4 Å². The summed E-state index contributed by atoms with van der Waals surface area (Å²) in [6, 6.07) is 3.54. The van der Waals surface area contributed by atoms with Crippen molar-refractivity contribution in [3.63, 3.8) is 0 Å². The number of hydrogen-bond acceptors (Lipinski definition) is 3. The molecular weight excluding hydrogens is 235 g/mol. The van der Waals surface area contributed by atoms with E-state index < -0.39 is 18.6 Å². The zero-order chi connectivity index (χ0) is 13.1. The van der Waals surface area contributed by atoms with Gasteiger partial charge in [0.25, 0.3) is 0 Å². The Kier molecular flexibility index (Phi) is 4.22. The van der Waals surface area contributed by atoms with E-state index in [9.17, 15) is 18.3 Å². The Balaban J connectivity index is 2.84. The molecule has 1 aromatic carbocycles. The molecule has 6 heteroatoms. The first-order chi connectivity index (χ1) is 7.85. The normalized spacial score (nSPS) is 13.5. The topological polar surface area (TPSA) is 55.5 Å². The van der Waals surface area contributed by atoms with Crippen molar-refractivity contribution in [2.75, 3.05) is 7.11 Å². The van der Waals surface area contributed by atoms with Gasteiger partial charge in [-0.15, -0.1) is 0 Å². The van der Waals surface area contributed by atoms with Gasteiger partial charge in [-0.25, -0.2) is 0 Å². The fraction of sp³-hybridized carbons (Fsp3) is 0.455. The van der Waals surface area contributed by atoms with Crippen molar-refractivity contribution in [2.24, 2.45) is 5.73 Å². The smallest absolute Gasteiger partial charge is 0.389 e. The van der Waals surface area contributed by atoms with Gasteiger partial charge in [0.05, 0.1) is 12.7 Å². The lowest BCUT2D eigenvalue weighted by molar-refractivity contribution is -0.136. The Bertz CT molecular complexity index is 379. The van der Waals surface area contributed by atoms with Crippen molar-refractivity contribution in [3.8, 4) is 11.5 Å². The van der Waals surface area contributed by atoms with E-state index in [4.69, 9.17) is 10.5 Å². The van der Waals surface area contributed by atoms with Gasteiger partial charge >= 0.3 is 6.18 Å². The Morgan fingerprint density at radius 1 is 1.41 bits per heavy atom. The van der Waals surface area contributed by atoms with Crippen LogP contribution in [0.2, 0.25) is 0 Å². The van der Waals surface area contributed by atoms with E-state index in [0.29, 0.717) is 5.75 Å². The van der Waals surface area contributed by atoms with Gasteiger partial charge in [0.15, 0.2) is 0 Å². The van der Waals surface area contributed by atoms with Gasteiger partial charge in [-0.05, 0) is 18.6 Å². The number of aromatic hydroxyl groups is 1. The molecule has 0 spiro atoms. The molecule has 0 unspecified atom stereocenters. The average molecular weight is 249 g/mol. The predicted octanol–water partition coefficient (Wildman–Crippen LogP) is 2.74. The van der Waals surface area contributed by atoms with Gasteiger partial charge in [0.1, 0.15) is 11.5 Å². The number of nitrogens with two attached hydrogens (primary N) is 1. The highest BCUT2D eigenvalue weighted by molar-refractivity contribution is 5.45. The molecule has 0 amide bonds. The highest BCUT2D eigenvalue weighted by Crippen LogP contribution is 2.35. The second kappa shape index (κ2) is 5.27. The number of alkyl halides is 3. The molecule has 0 heterocycles. The first kappa shape index (κ1) is 13.6. The van der Waals surface area contributed by atoms with Crippen molar-refractivity contribution in [1.29, 1.82) is 0 Å². The summed E-state index contributed by atoms with van der Waals surface area (Å²) >= 11 is 0. The molecule has 0 radical (unpaired) electrons. The first-order valence-corrected chi connectivity index (χ1v) is 5.03. The minimum absolute atomic E-state index is 0.154. The summed E-state index contributed by atoms with van der Waals surface area (Å²) in [6.45, 7) is 0. The highest BCUT2D eigenvalue weighted by atomic mass is 19.4. The summed E-state index contributed by atoms with van der Waals surface area (Å²) < 4.78 is 41.2. The SMILES string of the molecule is COc1cccc(O)c1[C@H](N)CCC(F)(F)F. The maximum Gasteiger partial charge on any atom is 0.389 e. The minimum Gasteiger partial charge on any atom is -0.507 e. The largest absolute Gasteiger partial charge is 0.507 e. The van der Waals surface area contributed by atoms with Crippen molar-refractivity contribution in [3.05, 3.63) is 23.8 Å². The molecule has 0 saturated carbocycles. The Hall–Kier alpha value is -1.43. The maximum atomic E-state index is 12.1. The molecular formula is C11H14F3NO2. The number of benzene rings is 1. The molecule has 3 N–H and O–H groups in total. The third-order valence-corrected chi connectivity index (χ3v) is 2.37. The second-order valence-electron chi connectivity index (χ2n) is 3.65. The number of halogens is 3. The molecule has 96 valence electrons. The van der Waals surface area contributed by atoms with E-state index in [1.54, 1.807) is 6.07 Å². The van der Waals surface area contributed by atoms with Crippen LogP contribution >= 0.6 is 0 Å². The molecule has 0 fully saturated rings. The summed E-state index contributed by atoms with van der Waals surface area (Å²) in [4.78, 5) is 0. The van der Waals surface area contributed by atoms with Crippen LogP contribution in [0, 0.1) is 0 Å². The summed E-state index contributed by atoms with van der Waals surface area (Å²) in [6.07, 6.45) is -5.54. The van der Waals surface area contributed by atoms with Crippen molar-refractivity contribution >= 4 is 0 Å². The van der Waals surface area contributed by atoms with Crippen molar-refractivity contribution in [1.82, 2.24) is 0 Å². The Morgan fingerprint density at radius 3 is 2.59 bits per heavy atom. The van der Waals surface area contributed by atoms with E-state index in [1.165, 1.54) is 19.2 Å². The molecule has 0 saturated heterocycles. The maximum absolute atomic E-state index is 12.1. The van der Waals surface area contributed by atoms with Crippen LogP contribution in [-0.2, 0) is 0 Å². The monoisotopic (exact) mass is 249 g/mol. The van der Waals surface area contributed by atoms with Gasteiger partial charge in [0.2, 0.25) is 0 Å². The predicted molar refractivity (Wildman–Crippen MR) is 56.9 cm³/mol. The number of ether oxygens (including phenoxy) is 1. The summed E-state index contributed by atoms with van der Waals surface area (Å²) in [5.74, 6) is 0.138. The van der Waals surface area contributed by atoms with E-state index in [-0.39, 0.29) is 17.7 Å². The van der Waals surface area contributed by atoms with Gasteiger partial charge in [-0.3, -0.25) is 0 Å². The number of phenolic OH excluding ortho intramolecular Hbond substituents is 1. The Labute approximate surface area is 97.0 Å². The number of methoxy groups -OCH3 is 1. The number of phenols is 1. The van der Waals surface area contributed by atoms with Crippen LogP contribution < -0.4 is 10.5 Å². The standard InChI is InChI=1S/C11H14F3NO2/c1-17-9-4-2-3-8(16)10(9)7(15)5-6-11(12,13)14/h2-4,7,16H,5-6,15H2,1H3/t7-/m1/s1. The van der Waals surface area contributed by atoms with E-state index in [2.05, 4.69) is 0 Å². The van der Waals surface area contributed by atoms with Crippen LogP contribution in [0.5, 0.6) is 11.5 Å². The molecule has 3 nitrogen and oxygen atoms in total. The number of rotatable bonds is 4. The second-order valence-corrected chi connectivity index (χ2v) is 3.65. The first-order valence-electron chi connectivity index (χ1n) is 5.03. The summed E-state index contributed by atoms with van der Waals surface area (Å²) in [7, 11) is 1.37. The van der Waals surface area contributed by atoms with Gasteiger partial charge in [-0.2, -0.15) is 13.2 Å². The quantitative estimate of drug-likeness (QED) is 0.862.